The van der Waals surface area contributed by atoms with Crippen LogP contribution in [0.5, 0.6) is 0 Å². The van der Waals surface area contributed by atoms with Gasteiger partial charge in [0.15, 0.2) is 5.79 Å². The van der Waals surface area contributed by atoms with Crippen LogP contribution in [0.3, 0.4) is 0 Å². The molecule has 0 radical (unpaired) electrons. The second-order valence-corrected chi connectivity index (χ2v) is 5.50. The minimum absolute atomic E-state index is 0.201. The Bertz CT molecular complexity index is 465. The molecule has 2 aliphatic heterocycles. The molecule has 0 unspecified atom stereocenters. The van der Waals surface area contributed by atoms with Crippen LogP contribution in [0, 0.1) is 5.82 Å². The van der Waals surface area contributed by atoms with Crippen LogP contribution in [-0.2, 0) is 22.6 Å². The normalized spacial score (nSPS) is 22.5. The van der Waals surface area contributed by atoms with Gasteiger partial charge in [-0.15, -0.1) is 0 Å². The largest absolute Gasteiger partial charge is 0.347 e. The minimum Gasteiger partial charge on any atom is -0.347 e. The van der Waals surface area contributed by atoms with Gasteiger partial charge in [0.1, 0.15) is 5.82 Å². The van der Waals surface area contributed by atoms with Crippen LogP contribution in [0.2, 0.25) is 0 Å². The van der Waals surface area contributed by atoms with Crippen LogP contribution >= 0.6 is 0 Å². The van der Waals surface area contributed by atoms with E-state index in [0.29, 0.717) is 19.8 Å². The van der Waals surface area contributed by atoms with Crippen LogP contribution in [0.25, 0.3) is 0 Å². The zero-order valence-electron chi connectivity index (χ0n) is 11.6. The Morgan fingerprint density at radius 1 is 1.15 bits per heavy atom. The highest BCUT2D eigenvalue weighted by atomic mass is 19.1. The molecule has 1 aromatic carbocycles. The van der Waals surface area contributed by atoms with Crippen LogP contribution in [-0.4, -0.2) is 37.0 Å². The molecule has 2 fully saturated rings. The number of benzene rings is 1. The van der Waals surface area contributed by atoms with E-state index in [1.165, 1.54) is 6.07 Å². The summed E-state index contributed by atoms with van der Waals surface area (Å²) in [5, 5.41) is 0. The number of hydrogen-bond donors (Lipinski definition) is 1. The first-order chi connectivity index (χ1) is 9.71. The third kappa shape index (κ3) is 2.86. The summed E-state index contributed by atoms with van der Waals surface area (Å²) in [4.78, 5) is 2.31. The fourth-order valence-electron chi connectivity index (χ4n) is 3.02. The molecule has 1 spiro atoms. The zero-order valence-corrected chi connectivity index (χ0v) is 11.6. The molecule has 0 bridgehead atoms. The van der Waals surface area contributed by atoms with E-state index in [1.54, 1.807) is 12.1 Å². The summed E-state index contributed by atoms with van der Waals surface area (Å²) in [5.41, 5.74) is 7.72. The highest BCUT2D eigenvalue weighted by Crippen LogP contribution is 2.31. The van der Waals surface area contributed by atoms with Gasteiger partial charge in [-0.25, -0.2) is 4.39 Å². The molecule has 0 atom stereocenters. The smallest absolute Gasteiger partial charge is 0.170 e. The topological polar surface area (TPSA) is 47.7 Å². The predicted molar refractivity (Wildman–Crippen MR) is 73.4 cm³/mol. The van der Waals surface area contributed by atoms with Gasteiger partial charge in [0.25, 0.3) is 0 Å². The molecule has 2 saturated heterocycles. The van der Waals surface area contributed by atoms with E-state index in [-0.39, 0.29) is 11.6 Å². The molecular formula is C15H21FN2O2. The number of piperidine rings is 1. The van der Waals surface area contributed by atoms with E-state index in [0.717, 1.165) is 43.6 Å². The Kier molecular flexibility index (Phi) is 4.03. The number of hydrogen-bond acceptors (Lipinski definition) is 4. The van der Waals surface area contributed by atoms with E-state index in [9.17, 15) is 4.39 Å². The molecule has 2 aliphatic rings. The quantitative estimate of drug-likeness (QED) is 0.914. The van der Waals surface area contributed by atoms with Crippen LogP contribution in [0.1, 0.15) is 24.0 Å². The second kappa shape index (κ2) is 5.77. The van der Waals surface area contributed by atoms with Gasteiger partial charge in [-0.3, -0.25) is 4.90 Å². The van der Waals surface area contributed by atoms with Gasteiger partial charge in [0, 0.05) is 39.0 Å². The number of nitrogens with two attached hydrogens (primary N) is 1. The standard InChI is InChI=1S/C15H21FN2O2/c16-14-2-1-12(10-17)13(9-14)11-18-5-3-15(4-6-18)19-7-8-20-15/h1-2,9H,3-8,10-11,17H2. The molecule has 3 rings (SSSR count). The molecule has 5 heteroatoms. The molecule has 1 aromatic rings. The second-order valence-electron chi connectivity index (χ2n) is 5.50. The van der Waals surface area contributed by atoms with Crippen LogP contribution in [0.4, 0.5) is 4.39 Å². The molecule has 2 heterocycles. The average molecular weight is 280 g/mol. The first-order valence-electron chi connectivity index (χ1n) is 7.18. The summed E-state index contributed by atoms with van der Waals surface area (Å²) in [6.45, 7) is 4.38. The van der Waals surface area contributed by atoms with Crippen molar-refractivity contribution in [1.82, 2.24) is 4.90 Å². The summed E-state index contributed by atoms with van der Waals surface area (Å²) in [6, 6.07) is 4.84. The van der Waals surface area contributed by atoms with E-state index >= 15 is 0 Å². The average Bonchev–Trinajstić information content (AvgIpc) is 2.90. The molecule has 20 heavy (non-hydrogen) atoms. The van der Waals surface area contributed by atoms with Crippen LogP contribution in [0.15, 0.2) is 18.2 Å². The van der Waals surface area contributed by atoms with Crippen LogP contribution < -0.4 is 5.73 Å². The Hall–Kier alpha value is -1.01. The molecule has 110 valence electrons. The lowest BCUT2D eigenvalue weighted by Crippen LogP contribution is -2.44. The highest BCUT2D eigenvalue weighted by Gasteiger charge is 2.39. The molecule has 0 aliphatic carbocycles. The summed E-state index contributed by atoms with van der Waals surface area (Å²) in [5.74, 6) is -0.553. The number of likely N-dealkylation sites (tertiary alicyclic amines) is 1. The molecule has 0 aromatic heterocycles. The minimum atomic E-state index is -0.352. The van der Waals surface area contributed by atoms with Gasteiger partial charge < -0.3 is 15.2 Å². The predicted octanol–water partition coefficient (Wildman–Crippen LogP) is 1.62. The van der Waals surface area contributed by atoms with Crippen molar-refractivity contribution < 1.29 is 13.9 Å². The van der Waals surface area contributed by atoms with Gasteiger partial charge in [-0.05, 0) is 23.3 Å². The van der Waals surface area contributed by atoms with Crippen molar-refractivity contribution in [3.8, 4) is 0 Å². The Balaban J connectivity index is 1.63. The van der Waals surface area contributed by atoms with Gasteiger partial charge in [0.05, 0.1) is 13.2 Å². The van der Waals surface area contributed by atoms with Gasteiger partial charge in [0.2, 0.25) is 0 Å². The first-order valence-corrected chi connectivity index (χ1v) is 7.18. The maximum absolute atomic E-state index is 13.4. The molecule has 0 saturated carbocycles. The van der Waals surface area contributed by atoms with Crippen molar-refractivity contribution in [1.29, 1.82) is 0 Å². The van der Waals surface area contributed by atoms with Crippen molar-refractivity contribution in [3.63, 3.8) is 0 Å². The van der Waals surface area contributed by atoms with Crippen molar-refractivity contribution >= 4 is 0 Å². The molecule has 2 N–H and O–H groups in total. The van der Waals surface area contributed by atoms with Crippen molar-refractivity contribution in [2.24, 2.45) is 5.73 Å². The number of halogens is 1. The first kappa shape index (κ1) is 13.9. The summed E-state index contributed by atoms with van der Waals surface area (Å²) in [7, 11) is 0. The van der Waals surface area contributed by atoms with E-state index in [2.05, 4.69) is 4.90 Å². The lowest BCUT2D eigenvalue weighted by Gasteiger charge is -2.37. The highest BCUT2D eigenvalue weighted by molar-refractivity contribution is 5.27. The maximum Gasteiger partial charge on any atom is 0.170 e. The van der Waals surface area contributed by atoms with Gasteiger partial charge in [-0.1, -0.05) is 6.07 Å². The fourth-order valence-corrected chi connectivity index (χ4v) is 3.02. The summed E-state index contributed by atoms with van der Waals surface area (Å²) < 4.78 is 24.8. The molecular weight excluding hydrogens is 259 g/mol. The Labute approximate surface area is 118 Å². The van der Waals surface area contributed by atoms with Crippen molar-refractivity contribution in [2.75, 3.05) is 26.3 Å². The number of ether oxygens (including phenoxy) is 2. The SMILES string of the molecule is NCc1ccc(F)cc1CN1CCC2(CC1)OCCO2. The van der Waals surface area contributed by atoms with Gasteiger partial charge in [-0.2, -0.15) is 0 Å². The van der Waals surface area contributed by atoms with Gasteiger partial charge >= 0.3 is 0 Å². The third-order valence-electron chi connectivity index (χ3n) is 4.21. The lowest BCUT2D eigenvalue weighted by molar-refractivity contribution is -0.185. The van der Waals surface area contributed by atoms with E-state index < -0.39 is 0 Å². The van der Waals surface area contributed by atoms with E-state index in [1.807, 2.05) is 0 Å². The maximum atomic E-state index is 13.4. The summed E-state index contributed by atoms with van der Waals surface area (Å²) in [6.07, 6.45) is 1.75. The Morgan fingerprint density at radius 2 is 1.85 bits per heavy atom. The summed E-state index contributed by atoms with van der Waals surface area (Å²) >= 11 is 0. The third-order valence-corrected chi connectivity index (χ3v) is 4.21. The Morgan fingerprint density at radius 3 is 2.50 bits per heavy atom. The van der Waals surface area contributed by atoms with E-state index in [4.69, 9.17) is 15.2 Å². The van der Waals surface area contributed by atoms with Crippen molar-refractivity contribution in [2.45, 2.75) is 31.7 Å². The molecule has 4 nitrogen and oxygen atoms in total. The monoisotopic (exact) mass is 280 g/mol. The number of rotatable bonds is 3. The van der Waals surface area contributed by atoms with Crippen molar-refractivity contribution in [3.05, 3.63) is 35.1 Å². The fraction of sp³-hybridized carbons (Fsp3) is 0.600. The lowest BCUT2D eigenvalue weighted by atomic mass is 10.0. The molecule has 0 amide bonds. The number of nitrogens with zero attached hydrogens (tertiary/aromatic N) is 1. The zero-order chi connectivity index (χ0) is 14.0.